The topological polar surface area (TPSA) is 34.1 Å². The third-order valence-electron chi connectivity index (χ3n) is 0.792. The molecule has 0 aliphatic carbocycles. The minimum absolute atomic E-state index is 0.147. The van der Waals surface area contributed by atoms with Crippen LogP contribution in [0, 0.1) is 0 Å². The fourth-order valence-electron chi connectivity index (χ4n) is 0.402. The standard InChI is InChI=1S/C4H6Cl3O2P/c5-4(8)2-1-3-10(6,7)9/h1-3H2. The largest absolute Gasteiger partial charge is 0.289 e. The van der Waals surface area contributed by atoms with Gasteiger partial charge in [0, 0.05) is 12.6 Å². The van der Waals surface area contributed by atoms with Gasteiger partial charge in [0.1, 0.15) is 0 Å². The molecule has 0 bridgehead atoms. The van der Waals surface area contributed by atoms with E-state index in [-0.39, 0.29) is 12.6 Å². The number of hydrogen-bond donors (Lipinski definition) is 0. The summed E-state index contributed by atoms with van der Waals surface area (Å²) >= 11 is 15.4. The van der Waals surface area contributed by atoms with Crippen molar-refractivity contribution in [1.29, 1.82) is 0 Å². The molecule has 0 unspecified atom stereocenters. The molecule has 10 heavy (non-hydrogen) atoms. The SMILES string of the molecule is O=C(Cl)CCCP(=O)(Cl)Cl. The summed E-state index contributed by atoms with van der Waals surface area (Å²) in [5, 5.41) is -0.457. The van der Waals surface area contributed by atoms with Gasteiger partial charge in [0.05, 0.1) is 0 Å². The van der Waals surface area contributed by atoms with Crippen molar-refractivity contribution in [2.24, 2.45) is 0 Å². The molecule has 0 saturated carbocycles. The van der Waals surface area contributed by atoms with E-state index in [2.05, 4.69) is 0 Å². The molecule has 0 aromatic rings. The normalized spacial score (nSPS) is 11.5. The van der Waals surface area contributed by atoms with Crippen LogP contribution in [0.25, 0.3) is 0 Å². The summed E-state index contributed by atoms with van der Waals surface area (Å²) in [6.45, 7) is 0. The highest BCUT2D eigenvalue weighted by Gasteiger charge is 2.12. The van der Waals surface area contributed by atoms with Crippen molar-refractivity contribution in [1.82, 2.24) is 0 Å². The monoisotopic (exact) mass is 222 g/mol. The van der Waals surface area contributed by atoms with Gasteiger partial charge in [-0.2, -0.15) is 0 Å². The lowest BCUT2D eigenvalue weighted by Gasteiger charge is -1.97. The van der Waals surface area contributed by atoms with Crippen LogP contribution in [0.1, 0.15) is 12.8 Å². The van der Waals surface area contributed by atoms with Gasteiger partial charge in [-0.05, 0) is 40.5 Å². The molecule has 0 N–H and O–H groups in total. The molecule has 60 valence electrons. The molecule has 0 aliphatic rings. The first-order valence-corrected chi connectivity index (χ1v) is 6.66. The molecule has 6 heteroatoms. The van der Waals surface area contributed by atoms with Crippen molar-refractivity contribution in [3.63, 3.8) is 0 Å². The summed E-state index contributed by atoms with van der Waals surface area (Å²) in [5.41, 5.74) is 0. The highest BCUT2D eigenvalue weighted by atomic mass is 35.9. The minimum atomic E-state index is -2.99. The van der Waals surface area contributed by atoms with Crippen LogP contribution in [-0.4, -0.2) is 11.4 Å². The van der Waals surface area contributed by atoms with Crippen LogP contribution >= 0.6 is 39.9 Å². The average Bonchev–Trinajstić information content (AvgIpc) is 1.59. The third kappa shape index (κ3) is 8.77. The van der Waals surface area contributed by atoms with Gasteiger partial charge in [-0.25, -0.2) is 0 Å². The maximum Gasteiger partial charge on any atom is 0.253 e. The number of halogens is 3. The first kappa shape index (κ1) is 10.8. The van der Waals surface area contributed by atoms with Gasteiger partial charge in [0.15, 0.2) is 0 Å². The Bertz CT molecular complexity index is 164. The zero-order valence-electron chi connectivity index (χ0n) is 5.02. The zero-order valence-corrected chi connectivity index (χ0v) is 8.18. The van der Waals surface area contributed by atoms with E-state index in [1.807, 2.05) is 0 Å². The van der Waals surface area contributed by atoms with Crippen LogP contribution in [0.15, 0.2) is 0 Å². The zero-order chi connectivity index (χ0) is 8.20. The Labute approximate surface area is 73.8 Å². The Morgan fingerprint density at radius 1 is 1.40 bits per heavy atom. The molecule has 0 heterocycles. The molecule has 0 radical (unpaired) electrons. The summed E-state index contributed by atoms with van der Waals surface area (Å²) in [6, 6.07) is 0. The lowest BCUT2D eigenvalue weighted by atomic mass is 10.4. The highest BCUT2D eigenvalue weighted by Crippen LogP contribution is 2.56. The van der Waals surface area contributed by atoms with Gasteiger partial charge in [-0.3, -0.25) is 9.36 Å². The van der Waals surface area contributed by atoms with Crippen molar-refractivity contribution in [2.75, 3.05) is 6.16 Å². The van der Waals surface area contributed by atoms with E-state index < -0.39 is 11.1 Å². The molecule has 0 saturated heterocycles. The van der Waals surface area contributed by atoms with Gasteiger partial charge in [0.25, 0.3) is 5.85 Å². The average molecular weight is 223 g/mol. The lowest BCUT2D eigenvalue weighted by molar-refractivity contribution is -0.111. The van der Waals surface area contributed by atoms with E-state index in [4.69, 9.17) is 34.1 Å². The predicted molar refractivity (Wildman–Crippen MR) is 44.3 cm³/mol. The molecule has 2 nitrogen and oxygen atoms in total. The molecule has 0 rings (SSSR count). The maximum atomic E-state index is 10.6. The van der Waals surface area contributed by atoms with E-state index in [1.54, 1.807) is 0 Å². The van der Waals surface area contributed by atoms with Gasteiger partial charge in [0.2, 0.25) is 5.24 Å². The van der Waals surface area contributed by atoms with Crippen LogP contribution in [-0.2, 0) is 9.36 Å². The molecular weight excluding hydrogens is 217 g/mol. The molecule has 0 amide bonds. The molecule has 0 fully saturated rings. The minimum Gasteiger partial charge on any atom is -0.289 e. The smallest absolute Gasteiger partial charge is 0.253 e. The van der Waals surface area contributed by atoms with Crippen molar-refractivity contribution in [3.05, 3.63) is 0 Å². The summed E-state index contributed by atoms with van der Waals surface area (Å²) in [4.78, 5) is 10.1. The highest BCUT2D eigenvalue weighted by molar-refractivity contribution is 8.08. The molecule has 0 aromatic heterocycles. The van der Waals surface area contributed by atoms with Crippen molar-refractivity contribution >= 4 is 45.2 Å². The lowest BCUT2D eigenvalue weighted by Crippen LogP contribution is -1.87. The Kier molecular flexibility index (Phi) is 4.96. The summed E-state index contributed by atoms with van der Waals surface area (Å²) < 4.78 is 10.6. The Morgan fingerprint density at radius 3 is 2.20 bits per heavy atom. The first-order valence-electron chi connectivity index (χ1n) is 2.58. The van der Waals surface area contributed by atoms with E-state index in [0.29, 0.717) is 6.42 Å². The van der Waals surface area contributed by atoms with Crippen LogP contribution in [0.4, 0.5) is 0 Å². The Balaban J connectivity index is 3.39. The van der Waals surface area contributed by atoms with Crippen molar-refractivity contribution in [2.45, 2.75) is 12.8 Å². The van der Waals surface area contributed by atoms with Crippen LogP contribution in [0.5, 0.6) is 0 Å². The second-order valence-corrected chi connectivity index (χ2v) is 7.56. The Morgan fingerprint density at radius 2 is 1.90 bits per heavy atom. The second-order valence-electron chi connectivity index (χ2n) is 1.75. The maximum absolute atomic E-state index is 10.6. The molecule has 0 atom stereocenters. The molecular formula is C4H6Cl3O2P. The molecule has 0 spiro atoms. The van der Waals surface area contributed by atoms with E-state index in [1.165, 1.54) is 0 Å². The third-order valence-corrected chi connectivity index (χ3v) is 2.83. The number of carbonyl (C=O) groups is 1. The van der Waals surface area contributed by atoms with Crippen LogP contribution < -0.4 is 0 Å². The fourth-order valence-corrected chi connectivity index (χ4v) is 1.78. The van der Waals surface area contributed by atoms with Crippen molar-refractivity contribution < 1.29 is 9.36 Å². The Hall–Kier alpha value is 0.770. The van der Waals surface area contributed by atoms with E-state index in [0.717, 1.165) is 0 Å². The van der Waals surface area contributed by atoms with Crippen LogP contribution in [0.2, 0.25) is 0 Å². The van der Waals surface area contributed by atoms with Crippen molar-refractivity contribution in [3.8, 4) is 0 Å². The first-order chi connectivity index (χ1) is 4.42. The quantitative estimate of drug-likeness (QED) is 0.542. The van der Waals surface area contributed by atoms with E-state index >= 15 is 0 Å². The summed E-state index contributed by atoms with van der Waals surface area (Å²) in [6.07, 6.45) is 0.701. The number of hydrogen-bond acceptors (Lipinski definition) is 2. The van der Waals surface area contributed by atoms with E-state index in [9.17, 15) is 9.36 Å². The second kappa shape index (κ2) is 4.61. The summed E-state index contributed by atoms with van der Waals surface area (Å²) in [7, 11) is 0. The fraction of sp³-hybridized carbons (Fsp3) is 0.750. The molecule has 0 aliphatic heterocycles. The molecule has 0 aromatic carbocycles. The number of carbonyl (C=O) groups excluding carboxylic acids is 1. The van der Waals surface area contributed by atoms with Gasteiger partial charge >= 0.3 is 0 Å². The van der Waals surface area contributed by atoms with Crippen LogP contribution in [0.3, 0.4) is 0 Å². The predicted octanol–water partition coefficient (Wildman–Crippen LogP) is 3.20. The summed E-state index contributed by atoms with van der Waals surface area (Å²) in [5.74, 6) is -2.99. The van der Waals surface area contributed by atoms with Gasteiger partial charge < -0.3 is 0 Å². The van der Waals surface area contributed by atoms with Gasteiger partial charge in [-0.1, -0.05) is 0 Å². The number of rotatable bonds is 4. The van der Waals surface area contributed by atoms with Gasteiger partial charge in [-0.15, -0.1) is 0 Å².